The van der Waals surface area contributed by atoms with Crippen molar-refractivity contribution in [1.82, 2.24) is 0 Å². The van der Waals surface area contributed by atoms with Crippen molar-refractivity contribution in [2.75, 3.05) is 25.6 Å². The summed E-state index contributed by atoms with van der Waals surface area (Å²) in [5.41, 5.74) is 1.25. The van der Waals surface area contributed by atoms with Gasteiger partial charge in [-0.05, 0) is 12.1 Å². The fourth-order valence-corrected chi connectivity index (χ4v) is 2.59. The van der Waals surface area contributed by atoms with Gasteiger partial charge in [-0.25, -0.2) is 0 Å². The Balaban J connectivity index is 2.11. The number of rotatable bonds is 2. The summed E-state index contributed by atoms with van der Waals surface area (Å²) in [7, 11) is 1.75. The Morgan fingerprint density at radius 3 is 3.23 bits per heavy atom. The molecule has 0 aromatic heterocycles. The van der Waals surface area contributed by atoms with Crippen LogP contribution >= 0.6 is 11.8 Å². The SMILES string of the molecule is COC[C@H]1CNc2ccccc2S1. The van der Waals surface area contributed by atoms with E-state index in [1.165, 1.54) is 10.6 Å². The van der Waals surface area contributed by atoms with Crippen LogP contribution in [-0.2, 0) is 4.74 Å². The molecular weight excluding hydrogens is 182 g/mol. The van der Waals surface area contributed by atoms with Crippen LogP contribution in [0.3, 0.4) is 0 Å². The fourth-order valence-electron chi connectivity index (χ4n) is 1.44. The van der Waals surface area contributed by atoms with Crippen LogP contribution in [0.1, 0.15) is 0 Å². The minimum atomic E-state index is 0.542. The van der Waals surface area contributed by atoms with Crippen LogP contribution in [0.4, 0.5) is 5.69 Å². The second-order valence-electron chi connectivity index (χ2n) is 3.07. The van der Waals surface area contributed by atoms with Gasteiger partial charge in [0.1, 0.15) is 0 Å². The molecule has 1 N–H and O–H groups in total. The molecule has 13 heavy (non-hydrogen) atoms. The zero-order valence-corrected chi connectivity index (χ0v) is 8.43. The Labute approximate surface area is 82.7 Å². The lowest BCUT2D eigenvalue weighted by Gasteiger charge is -2.24. The van der Waals surface area contributed by atoms with Crippen LogP contribution in [0.2, 0.25) is 0 Å². The van der Waals surface area contributed by atoms with E-state index in [0.717, 1.165) is 13.2 Å². The van der Waals surface area contributed by atoms with Crippen molar-refractivity contribution in [3.8, 4) is 0 Å². The predicted octanol–water partition coefficient (Wildman–Crippen LogP) is 2.22. The minimum Gasteiger partial charge on any atom is -0.383 e. The molecule has 70 valence electrons. The number of para-hydroxylation sites is 1. The largest absolute Gasteiger partial charge is 0.383 e. The number of hydrogen-bond donors (Lipinski definition) is 1. The average molecular weight is 195 g/mol. The number of nitrogens with one attached hydrogen (secondary N) is 1. The van der Waals surface area contributed by atoms with Gasteiger partial charge in [0.25, 0.3) is 0 Å². The van der Waals surface area contributed by atoms with Gasteiger partial charge < -0.3 is 10.1 Å². The summed E-state index contributed by atoms with van der Waals surface area (Å²) >= 11 is 1.89. The number of hydrogen-bond acceptors (Lipinski definition) is 3. The van der Waals surface area contributed by atoms with Gasteiger partial charge >= 0.3 is 0 Å². The quantitative estimate of drug-likeness (QED) is 0.782. The average Bonchev–Trinajstić information content (AvgIpc) is 2.18. The first-order chi connectivity index (χ1) is 6.40. The molecule has 1 atom stereocenters. The van der Waals surface area contributed by atoms with Gasteiger partial charge in [0, 0.05) is 24.2 Å². The molecule has 0 unspecified atom stereocenters. The fraction of sp³-hybridized carbons (Fsp3) is 0.400. The van der Waals surface area contributed by atoms with Crippen LogP contribution in [0.15, 0.2) is 29.2 Å². The van der Waals surface area contributed by atoms with Crippen LogP contribution in [0, 0.1) is 0 Å². The van der Waals surface area contributed by atoms with Crippen molar-refractivity contribution in [1.29, 1.82) is 0 Å². The van der Waals surface area contributed by atoms with E-state index in [9.17, 15) is 0 Å². The molecule has 0 bridgehead atoms. The topological polar surface area (TPSA) is 21.3 Å². The van der Waals surface area contributed by atoms with E-state index in [-0.39, 0.29) is 0 Å². The molecule has 0 saturated heterocycles. The molecule has 2 rings (SSSR count). The summed E-state index contributed by atoms with van der Waals surface area (Å²) in [4.78, 5) is 1.33. The third kappa shape index (κ3) is 1.98. The lowest BCUT2D eigenvalue weighted by Crippen LogP contribution is -2.25. The van der Waals surface area contributed by atoms with Gasteiger partial charge in [0.15, 0.2) is 0 Å². The highest BCUT2D eigenvalue weighted by Gasteiger charge is 2.17. The first kappa shape index (κ1) is 8.91. The monoisotopic (exact) mass is 195 g/mol. The number of benzene rings is 1. The lowest BCUT2D eigenvalue weighted by molar-refractivity contribution is 0.201. The van der Waals surface area contributed by atoms with E-state index in [2.05, 4.69) is 29.6 Å². The smallest absolute Gasteiger partial charge is 0.0601 e. The van der Waals surface area contributed by atoms with Crippen molar-refractivity contribution >= 4 is 17.4 Å². The molecule has 1 aliphatic rings. The molecule has 1 aliphatic heterocycles. The van der Waals surface area contributed by atoms with Gasteiger partial charge in [0.2, 0.25) is 0 Å². The van der Waals surface area contributed by atoms with Gasteiger partial charge in [0.05, 0.1) is 11.9 Å². The molecule has 1 aromatic carbocycles. The number of ether oxygens (including phenoxy) is 1. The minimum absolute atomic E-state index is 0.542. The molecular formula is C10H13NOS. The van der Waals surface area contributed by atoms with Gasteiger partial charge in [-0.15, -0.1) is 11.8 Å². The Bertz CT molecular complexity index is 290. The standard InChI is InChI=1S/C10H13NOS/c1-12-7-8-6-11-9-4-2-3-5-10(9)13-8/h2-5,8,11H,6-7H2,1H3/t8-/m1/s1. The highest BCUT2D eigenvalue weighted by Crippen LogP contribution is 2.34. The molecule has 0 amide bonds. The first-order valence-corrected chi connectivity index (χ1v) is 5.26. The molecule has 1 aromatic rings. The lowest BCUT2D eigenvalue weighted by atomic mass is 10.3. The highest BCUT2D eigenvalue weighted by atomic mass is 32.2. The Hall–Kier alpha value is -0.670. The summed E-state index contributed by atoms with van der Waals surface area (Å²) in [6, 6.07) is 8.39. The molecule has 0 radical (unpaired) electrons. The normalized spacial score (nSPS) is 20.5. The molecule has 0 aliphatic carbocycles. The molecule has 1 heterocycles. The molecule has 3 heteroatoms. The van der Waals surface area contributed by atoms with Gasteiger partial charge in [-0.1, -0.05) is 12.1 Å². The van der Waals surface area contributed by atoms with E-state index in [4.69, 9.17) is 4.74 Å². The molecule has 0 fully saturated rings. The van der Waals surface area contributed by atoms with E-state index in [0.29, 0.717) is 5.25 Å². The molecule has 2 nitrogen and oxygen atoms in total. The Morgan fingerprint density at radius 2 is 2.38 bits per heavy atom. The Morgan fingerprint density at radius 1 is 1.54 bits per heavy atom. The van der Waals surface area contributed by atoms with E-state index in [1.807, 2.05) is 11.8 Å². The Kier molecular flexibility index (Phi) is 2.76. The van der Waals surface area contributed by atoms with Gasteiger partial charge in [-0.3, -0.25) is 0 Å². The summed E-state index contributed by atoms with van der Waals surface area (Å²) in [6.45, 7) is 1.81. The third-order valence-electron chi connectivity index (χ3n) is 2.05. The van der Waals surface area contributed by atoms with Crippen molar-refractivity contribution in [3.05, 3.63) is 24.3 Å². The molecule has 0 saturated carbocycles. The highest BCUT2D eigenvalue weighted by molar-refractivity contribution is 8.00. The van der Waals surface area contributed by atoms with Gasteiger partial charge in [-0.2, -0.15) is 0 Å². The maximum absolute atomic E-state index is 5.14. The zero-order chi connectivity index (χ0) is 9.10. The van der Waals surface area contributed by atoms with Crippen LogP contribution in [-0.4, -0.2) is 25.5 Å². The van der Waals surface area contributed by atoms with E-state index < -0.39 is 0 Å². The number of anilines is 1. The van der Waals surface area contributed by atoms with Crippen LogP contribution in [0.25, 0.3) is 0 Å². The van der Waals surface area contributed by atoms with E-state index in [1.54, 1.807) is 7.11 Å². The van der Waals surface area contributed by atoms with Crippen molar-refractivity contribution in [3.63, 3.8) is 0 Å². The second-order valence-corrected chi connectivity index (χ2v) is 4.41. The van der Waals surface area contributed by atoms with Crippen LogP contribution < -0.4 is 5.32 Å². The third-order valence-corrected chi connectivity index (χ3v) is 3.30. The van der Waals surface area contributed by atoms with Crippen molar-refractivity contribution < 1.29 is 4.74 Å². The maximum atomic E-state index is 5.14. The summed E-state index contributed by atoms with van der Waals surface area (Å²) < 4.78 is 5.14. The number of thioether (sulfide) groups is 1. The summed E-state index contributed by atoms with van der Waals surface area (Å²) in [5.74, 6) is 0. The van der Waals surface area contributed by atoms with Crippen molar-refractivity contribution in [2.24, 2.45) is 0 Å². The maximum Gasteiger partial charge on any atom is 0.0601 e. The first-order valence-electron chi connectivity index (χ1n) is 4.38. The zero-order valence-electron chi connectivity index (χ0n) is 7.62. The number of methoxy groups -OCH3 is 1. The van der Waals surface area contributed by atoms with Crippen LogP contribution in [0.5, 0.6) is 0 Å². The summed E-state index contributed by atoms with van der Waals surface area (Å²) in [5, 5.41) is 3.94. The molecule has 0 spiro atoms. The van der Waals surface area contributed by atoms with E-state index >= 15 is 0 Å². The summed E-state index contributed by atoms with van der Waals surface area (Å²) in [6.07, 6.45) is 0. The van der Waals surface area contributed by atoms with Crippen molar-refractivity contribution in [2.45, 2.75) is 10.1 Å². The number of fused-ring (bicyclic) bond motifs is 1. The second kappa shape index (κ2) is 4.03. The predicted molar refractivity (Wildman–Crippen MR) is 56.5 cm³/mol.